The highest BCUT2D eigenvalue weighted by molar-refractivity contribution is 5.25. The molecule has 2 aliphatic rings. The van der Waals surface area contributed by atoms with Crippen molar-refractivity contribution in [2.75, 3.05) is 6.61 Å². The summed E-state index contributed by atoms with van der Waals surface area (Å²) in [6.07, 6.45) is 6.08. The molecule has 0 aromatic heterocycles. The summed E-state index contributed by atoms with van der Waals surface area (Å²) in [6, 6.07) is 0. The van der Waals surface area contributed by atoms with Crippen molar-refractivity contribution < 1.29 is 9.84 Å². The molecule has 2 aliphatic carbocycles. The normalized spacial score (nSPS) is 23.0. The Morgan fingerprint density at radius 3 is 2.92 bits per heavy atom. The Labute approximate surface area is 78.9 Å². The van der Waals surface area contributed by atoms with Gasteiger partial charge in [0.05, 0.1) is 12.4 Å². The van der Waals surface area contributed by atoms with Gasteiger partial charge in [0.2, 0.25) is 0 Å². The summed E-state index contributed by atoms with van der Waals surface area (Å²) in [5.74, 6) is 2.13. The molecule has 0 bridgehead atoms. The highest BCUT2D eigenvalue weighted by Crippen LogP contribution is 2.31. The predicted octanol–water partition coefficient (Wildman–Crippen LogP) is 2.92. The molecule has 0 saturated heterocycles. The van der Waals surface area contributed by atoms with Crippen LogP contribution in [0.4, 0.5) is 0 Å². The van der Waals surface area contributed by atoms with Crippen LogP contribution < -0.4 is 0 Å². The molecule has 0 atom stereocenters. The van der Waals surface area contributed by atoms with E-state index in [2.05, 4.69) is 6.92 Å². The van der Waals surface area contributed by atoms with Gasteiger partial charge >= 0.3 is 0 Å². The van der Waals surface area contributed by atoms with Crippen molar-refractivity contribution in [1.82, 2.24) is 0 Å². The molecule has 0 unspecified atom stereocenters. The summed E-state index contributed by atoms with van der Waals surface area (Å²) in [4.78, 5) is 0. The first-order chi connectivity index (χ1) is 6.25. The van der Waals surface area contributed by atoms with Crippen LogP contribution in [0.2, 0.25) is 0 Å². The van der Waals surface area contributed by atoms with E-state index in [0.717, 1.165) is 31.1 Å². The van der Waals surface area contributed by atoms with Gasteiger partial charge in [0.15, 0.2) is 0 Å². The van der Waals surface area contributed by atoms with E-state index in [1.165, 1.54) is 18.4 Å². The summed E-state index contributed by atoms with van der Waals surface area (Å²) >= 11 is 0. The zero-order chi connectivity index (χ0) is 9.26. The second-order valence-electron chi connectivity index (χ2n) is 4.03. The van der Waals surface area contributed by atoms with Crippen molar-refractivity contribution in [3.63, 3.8) is 0 Å². The van der Waals surface area contributed by atoms with Crippen LogP contribution >= 0.6 is 0 Å². The number of ether oxygens (including phenoxy) is 1. The lowest BCUT2D eigenvalue weighted by Gasteiger charge is -2.15. The highest BCUT2D eigenvalue weighted by atomic mass is 16.5. The zero-order valence-corrected chi connectivity index (χ0v) is 8.05. The number of rotatable bonds is 3. The van der Waals surface area contributed by atoms with E-state index in [1.54, 1.807) is 6.08 Å². The van der Waals surface area contributed by atoms with Crippen molar-refractivity contribution in [2.45, 2.75) is 32.6 Å². The van der Waals surface area contributed by atoms with Gasteiger partial charge in [0.1, 0.15) is 5.76 Å². The lowest BCUT2D eigenvalue weighted by Crippen LogP contribution is -2.02. The number of hydrogen-bond acceptors (Lipinski definition) is 2. The van der Waals surface area contributed by atoms with E-state index in [-0.39, 0.29) is 0 Å². The van der Waals surface area contributed by atoms with Crippen LogP contribution in [0.5, 0.6) is 0 Å². The quantitative estimate of drug-likeness (QED) is 0.723. The van der Waals surface area contributed by atoms with Crippen molar-refractivity contribution in [2.24, 2.45) is 5.92 Å². The Bertz CT molecular complexity index is 259. The molecule has 0 aromatic rings. The molecular weight excluding hydrogens is 164 g/mol. The second kappa shape index (κ2) is 3.44. The first-order valence-electron chi connectivity index (χ1n) is 4.98. The number of aliphatic hydroxyl groups excluding tert-OH is 1. The van der Waals surface area contributed by atoms with E-state index in [9.17, 15) is 5.11 Å². The van der Waals surface area contributed by atoms with Crippen molar-refractivity contribution >= 4 is 0 Å². The third-order valence-corrected chi connectivity index (χ3v) is 2.65. The molecule has 0 radical (unpaired) electrons. The van der Waals surface area contributed by atoms with Gasteiger partial charge in [-0.3, -0.25) is 0 Å². The Hall–Kier alpha value is -0.920. The average molecular weight is 180 g/mol. The van der Waals surface area contributed by atoms with Gasteiger partial charge < -0.3 is 9.84 Å². The molecule has 13 heavy (non-hydrogen) atoms. The van der Waals surface area contributed by atoms with Crippen LogP contribution in [0.1, 0.15) is 32.6 Å². The molecule has 72 valence electrons. The molecule has 1 N–H and O–H groups in total. The number of allylic oxidation sites excluding steroid dienone is 3. The van der Waals surface area contributed by atoms with Crippen LogP contribution in [0.3, 0.4) is 0 Å². The molecular formula is C11H16O2. The molecule has 0 heterocycles. The Balaban J connectivity index is 1.93. The van der Waals surface area contributed by atoms with Gasteiger partial charge in [-0.15, -0.1) is 0 Å². The minimum absolute atomic E-state index is 0.455. The second-order valence-corrected chi connectivity index (χ2v) is 4.03. The molecule has 1 fully saturated rings. The molecule has 0 spiro atoms. The van der Waals surface area contributed by atoms with Gasteiger partial charge in [-0.05, 0) is 37.7 Å². The molecule has 0 aromatic carbocycles. The van der Waals surface area contributed by atoms with Gasteiger partial charge in [-0.1, -0.05) is 0 Å². The standard InChI is InChI=1S/C11H16O2/c1-8-2-5-10(12)6-11(8)13-7-9-3-4-9/h6,9,12H,2-5,7H2,1H3. The summed E-state index contributed by atoms with van der Waals surface area (Å²) < 4.78 is 5.63. The number of aliphatic hydroxyl groups is 1. The third-order valence-electron chi connectivity index (χ3n) is 2.65. The van der Waals surface area contributed by atoms with Gasteiger partial charge in [-0.25, -0.2) is 0 Å². The van der Waals surface area contributed by atoms with E-state index in [1.807, 2.05) is 0 Å². The lowest BCUT2D eigenvalue weighted by molar-refractivity contribution is 0.201. The van der Waals surface area contributed by atoms with E-state index in [0.29, 0.717) is 5.76 Å². The molecule has 1 saturated carbocycles. The number of hydrogen-bond donors (Lipinski definition) is 1. The topological polar surface area (TPSA) is 29.5 Å². The van der Waals surface area contributed by atoms with Crippen LogP contribution in [0.25, 0.3) is 0 Å². The first kappa shape index (κ1) is 8.67. The van der Waals surface area contributed by atoms with Crippen molar-refractivity contribution in [1.29, 1.82) is 0 Å². The van der Waals surface area contributed by atoms with Crippen LogP contribution in [0.15, 0.2) is 23.2 Å². The minimum Gasteiger partial charge on any atom is -0.512 e. The molecule has 0 aliphatic heterocycles. The van der Waals surface area contributed by atoms with Crippen LogP contribution in [-0.4, -0.2) is 11.7 Å². The Kier molecular flexibility index (Phi) is 2.30. The monoisotopic (exact) mass is 180 g/mol. The lowest BCUT2D eigenvalue weighted by atomic mass is 10.0. The SMILES string of the molecule is CC1=C(OCC2CC2)C=C(O)CC1. The fraction of sp³-hybridized carbons (Fsp3) is 0.636. The molecule has 0 amide bonds. The maximum atomic E-state index is 9.33. The van der Waals surface area contributed by atoms with E-state index >= 15 is 0 Å². The van der Waals surface area contributed by atoms with Gasteiger partial charge in [0.25, 0.3) is 0 Å². The average Bonchev–Trinajstić information content (AvgIpc) is 2.90. The summed E-state index contributed by atoms with van der Waals surface area (Å²) in [6.45, 7) is 2.90. The maximum Gasteiger partial charge on any atom is 0.121 e. The maximum absolute atomic E-state index is 9.33. The smallest absolute Gasteiger partial charge is 0.121 e. The highest BCUT2D eigenvalue weighted by Gasteiger charge is 2.22. The fourth-order valence-electron chi connectivity index (χ4n) is 1.44. The summed E-state index contributed by atoms with van der Waals surface area (Å²) in [5.41, 5.74) is 1.26. The summed E-state index contributed by atoms with van der Waals surface area (Å²) in [5, 5.41) is 9.33. The largest absolute Gasteiger partial charge is 0.512 e. The summed E-state index contributed by atoms with van der Waals surface area (Å²) in [7, 11) is 0. The molecule has 2 rings (SSSR count). The molecule has 2 nitrogen and oxygen atoms in total. The van der Waals surface area contributed by atoms with Crippen molar-refractivity contribution in [3.05, 3.63) is 23.2 Å². The van der Waals surface area contributed by atoms with Crippen LogP contribution in [0, 0.1) is 5.92 Å². The zero-order valence-electron chi connectivity index (χ0n) is 8.05. The third kappa shape index (κ3) is 2.27. The van der Waals surface area contributed by atoms with Crippen LogP contribution in [-0.2, 0) is 4.74 Å². The Morgan fingerprint density at radius 2 is 2.23 bits per heavy atom. The minimum atomic E-state index is 0.455. The van der Waals surface area contributed by atoms with Gasteiger partial charge in [-0.2, -0.15) is 0 Å². The van der Waals surface area contributed by atoms with E-state index < -0.39 is 0 Å². The predicted molar refractivity (Wildman–Crippen MR) is 51.3 cm³/mol. The fourth-order valence-corrected chi connectivity index (χ4v) is 1.44. The van der Waals surface area contributed by atoms with E-state index in [4.69, 9.17) is 4.74 Å². The Morgan fingerprint density at radius 1 is 1.46 bits per heavy atom. The molecule has 2 heteroatoms. The first-order valence-corrected chi connectivity index (χ1v) is 4.98. The van der Waals surface area contributed by atoms with Gasteiger partial charge in [0, 0.05) is 12.5 Å². The van der Waals surface area contributed by atoms with Crippen molar-refractivity contribution in [3.8, 4) is 0 Å².